The molecule has 1 aliphatic heterocycles. The molecule has 1 rings (SSSR count). The fraction of sp³-hybridized carbons (Fsp3) is 0.667. The van der Waals surface area contributed by atoms with Crippen LogP contribution in [0.25, 0.3) is 0 Å². The normalized spacial score (nSPS) is 18.9. The SMILES string of the molecule is [CH2-]N1CCN(CC(=O)O)CCN(CC(=O)O)CC1.[CH3-].[Co+2]. The molecular weight excluding hydrogens is 309 g/mol. The quantitative estimate of drug-likeness (QED) is 0.660. The van der Waals surface area contributed by atoms with Gasteiger partial charge in [-0.3, -0.25) is 26.4 Å². The zero-order valence-corrected chi connectivity index (χ0v) is 12.8. The molecular formula is C12H23CoN3O4. The Labute approximate surface area is 130 Å². The molecule has 0 amide bonds. The fourth-order valence-electron chi connectivity index (χ4n) is 1.88. The maximum Gasteiger partial charge on any atom is 2.00 e. The molecule has 1 aliphatic rings. The number of carbonyl (C=O) groups is 2. The van der Waals surface area contributed by atoms with Gasteiger partial charge in [0.1, 0.15) is 0 Å². The topological polar surface area (TPSA) is 84.3 Å². The Kier molecular flexibility index (Phi) is 11.9. The molecule has 0 bridgehead atoms. The van der Waals surface area contributed by atoms with Gasteiger partial charge in [-0.25, -0.2) is 0 Å². The molecule has 7 nitrogen and oxygen atoms in total. The van der Waals surface area contributed by atoms with E-state index >= 15 is 0 Å². The number of hydrogen-bond acceptors (Lipinski definition) is 5. The number of aliphatic carboxylic acids is 2. The van der Waals surface area contributed by atoms with Crippen LogP contribution >= 0.6 is 0 Å². The summed E-state index contributed by atoms with van der Waals surface area (Å²) < 4.78 is 0. The summed E-state index contributed by atoms with van der Waals surface area (Å²) in [5.74, 6) is -1.73. The number of hydrogen-bond donors (Lipinski definition) is 2. The summed E-state index contributed by atoms with van der Waals surface area (Å²) in [5.41, 5.74) is 0. The standard InChI is InChI=1S/C11H20N3O4.CH3.Co/c1-12-2-4-13(8-10(15)16)6-7-14(5-3-12)9-11(17)18;;/h1-9H2,(H,15,16)(H,17,18);1H3;/q2*-1;+2. The van der Waals surface area contributed by atoms with E-state index in [4.69, 9.17) is 10.2 Å². The van der Waals surface area contributed by atoms with Gasteiger partial charge in [0, 0.05) is 26.2 Å². The van der Waals surface area contributed by atoms with Crippen molar-refractivity contribution >= 4 is 11.9 Å². The van der Waals surface area contributed by atoms with Crippen LogP contribution in [0.5, 0.6) is 0 Å². The monoisotopic (exact) mass is 332 g/mol. The van der Waals surface area contributed by atoms with Crippen molar-refractivity contribution in [3.8, 4) is 0 Å². The third kappa shape index (κ3) is 9.27. The second-order valence-corrected chi connectivity index (χ2v) is 4.46. The fourth-order valence-corrected chi connectivity index (χ4v) is 1.88. The van der Waals surface area contributed by atoms with Gasteiger partial charge in [-0.2, -0.15) is 0 Å². The first kappa shape index (κ1) is 21.6. The van der Waals surface area contributed by atoms with E-state index in [-0.39, 0.29) is 37.3 Å². The van der Waals surface area contributed by atoms with Crippen LogP contribution in [0.15, 0.2) is 0 Å². The van der Waals surface area contributed by atoms with Crippen molar-refractivity contribution in [2.75, 3.05) is 52.4 Å². The Morgan fingerprint density at radius 3 is 1.45 bits per heavy atom. The smallest absolute Gasteiger partial charge is 0.480 e. The number of carboxylic acids is 2. The van der Waals surface area contributed by atoms with E-state index in [0.29, 0.717) is 39.3 Å². The van der Waals surface area contributed by atoms with Crippen LogP contribution in [-0.4, -0.2) is 89.2 Å². The van der Waals surface area contributed by atoms with E-state index in [2.05, 4.69) is 7.05 Å². The van der Waals surface area contributed by atoms with E-state index in [1.807, 2.05) is 4.90 Å². The Morgan fingerprint density at radius 2 is 1.15 bits per heavy atom. The zero-order valence-electron chi connectivity index (χ0n) is 11.7. The van der Waals surface area contributed by atoms with Crippen molar-refractivity contribution in [1.29, 1.82) is 0 Å². The van der Waals surface area contributed by atoms with Crippen molar-refractivity contribution in [2.45, 2.75) is 0 Å². The molecule has 0 aromatic rings. The predicted octanol–water partition coefficient (Wildman–Crippen LogP) is -0.685. The van der Waals surface area contributed by atoms with E-state index < -0.39 is 11.9 Å². The second kappa shape index (κ2) is 11.0. The number of nitrogens with zero attached hydrogens (tertiary/aromatic N) is 3. The van der Waals surface area contributed by atoms with Crippen LogP contribution in [0.2, 0.25) is 0 Å². The summed E-state index contributed by atoms with van der Waals surface area (Å²) in [4.78, 5) is 26.9. The largest absolute Gasteiger partial charge is 2.00 e. The molecule has 1 heterocycles. The first-order valence-corrected chi connectivity index (χ1v) is 5.91. The van der Waals surface area contributed by atoms with E-state index in [9.17, 15) is 9.59 Å². The van der Waals surface area contributed by atoms with E-state index in [0.717, 1.165) is 0 Å². The second-order valence-electron chi connectivity index (χ2n) is 4.46. The van der Waals surface area contributed by atoms with Gasteiger partial charge in [0.25, 0.3) is 0 Å². The van der Waals surface area contributed by atoms with Crippen molar-refractivity contribution in [2.24, 2.45) is 0 Å². The molecule has 2 N–H and O–H groups in total. The van der Waals surface area contributed by atoms with Crippen LogP contribution in [0.3, 0.4) is 0 Å². The molecule has 1 radical (unpaired) electrons. The Balaban J connectivity index is 0. The van der Waals surface area contributed by atoms with Crippen LogP contribution in [-0.2, 0) is 26.4 Å². The minimum Gasteiger partial charge on any atom is -0.480 e. The first-order chi connectivity index (χ1) is 8.47. The molecule has 0 aromatic heterocycles. The third-order valence-corrected chi connectivity index (χ3v) is 2.92. The molecule has 1 saturated heterocycles. The Morgan fingerprint density at radius 1 is 0.850 bits per heavy atom. The van der Waals surface area contributed by atoms with Crippen molar-refractivity contribution < 1.29 is 36.6 Å². The van der Waals surface area contributed by atoms with Gasteiger partial charge in [0.15, 0.2) is 0 Å². The molecule has 0 spiro atoms. The summed E-state index contributed by atoms with van der Waals surface area (Å²) in [5, 5.41) is 17.6. The van der Waals surface area contributed by atoms with E-state index in [1.165, 1.54) is 0 Å². The van der Waals surface area contributed by atoms with Crippen LogP contribution in [0.4, 0.5) is 0 Å². The predicted molar refractivity (Wildman–Crippen MR) is 71.5 cm³/mol. The Bertz CT molecular complexity index is 276. The van der Waals surface area contributed by atoms with Gasteiger partial charge in [0.05, 0.1) is 13.1 Å². The molecule has 0 saturated carbocycles. The van der Waals surface area contributed by atoms with Gasteiger partial charge in [-0.15, -0.1) is 0 Å². The van der Waals surface area contributed by atoms with Gasteiger partial charge in [-0.05, 0) is 13.1 Å². The number of rotatable bonds is 4. The molecule has 0 unspecified atom stereocenters. The van der Waals surface area contributed by atoms with E-state index in [1.54, 1.807) is 9.80 Å². The molecule has 119 valence electrons. The molecule has 1 fully saturated rings. The third-order valence-electron chi connectivity index (χ3n) is 2.92. The first-order valence-electron chi connectivity index (χ1n) is 5.91. The van der Waals surface area contributed by atoms with Crippen molar-refractivity contribution in [1.82, 2.24) is 14.7 Å². The molecule has 8 heteroatoms. The van der Waals surface area contributed by atoms with Crippen molar-refractivity contribution in [3.05, 3.63) is 14.5 Å². The zero-order chi connectivity index (χ0) is 13.5. The minimum atomic E-state index is -0.866. The van der Waals surface area contributed by atoms with Crippen LogP contribution < -0.4 is 0 Å². The maximum absolute atomic E-state index is 10.7. The summed E-state index contributed by atoms with van der Waals surface area (Å²) in [6, 6.07) is 0. The van der Waals surface area contributed by atoms with Gasteiger partial charge in [0.2, 0.25) is 0 Å². The summed E-state index contributed by atoms with van der Waals surface area (Å²) in [7, 11) is 3.85. The average molecular weight is 332 g/mol. The Hall–Kier alpha value is -0.674. The summed E-state index contributed by atoms with van der Waals surface area (Å²) >= 11 is 0. The molecule has 0 aliphatic carbocycles. The summed E-state index contributed by atoms with van der Waals surface area (Å²) in [6.07, 6.45) is 0. The van der Waals surface area contributed by atoms with Crippen LogP contribution in [0, 0.1) is 14.5 Å². The van der Waals surface area contributed by atoms with Crippen LogP contribution in [0.1, 0.15) is 0 Å². The van der Waals surface area contributed by atoms with Gasteiger partial charge < -0.3 is 22.5 Å². The summed E-state index contributed by atoms with van der Waals surface area (Å²) in [6.45, 7) is 3.74. The van der Waals surface area contributed by atoms with Gasteiger partial charge >= 0.3 is 28.7 Å². The number of carboxylic acid groups (broad SMARTS) is 2. The average Bonchev–Trinajstić information content (AvgIpc) is 2.33. The molecule has 0 atom stereocenters. The van der Waals surface area contributed by atoms with Gasteiger partial charge in [-0.1, -0.05) is 0 Å². The van der Waals surface area contributed by atoms with Crippen molar-refractivity contribution in [3.63, 3.8) is 0 Å². The minimum absolute atomic E-state index is 0. The molecule has 0 aromatic carbocycles. The maximum atomic E-state index is 10.7. The molecule has 20 heavy (non-hydrogen) atoms.